The fourth-order valence-electron chi connectivity index (χ4n) is 2.31. The zero-order valence-corrected chi connectivity index (χ0v) is 14.3. The van der Waals surface area contributed by atoms with Gasteiger partial charge in [0, 0.05) is 17.6 Å². The molecular formula is C19H14ClNO5. The second-order valence-electron chi connectivity index (χ2n) is 5.45. The van der Waals surface area contributed by atoms with Crippen LogP contribution in [0, 0.1) is 0 Å². The third-order valence-corrected chi connectivity index (χ3v) is 3.78. The minimum Gasteiger partial charge on any atom is -0.450 e. The number of fused-ring (bicyclic) bond motifs is 1. The maximum absolute atomic E-state index is 12.0. The zero-order chi connectivity index (χ0) is 18.5. The van der Waals surface area contributed by atoms with E-state index in [-0.39, 0.29) is 23.3 Å². The molecule has 1 aromatic heterocycles. The summed E-state index contributed by atoms with van der Waals surface area (Å²) in [7, 11) is 0. The van der Waals surface area contributed by atoms with E-state index in [0.717, 1.165) is 11.6 Å². The van der Waals surface area contributed by atoms with Gasteiger partial charge in [-0.1, -0.05) is 35.9 Å². The standard InChI is InChI=1S/C19H14ClNO5/c20-13-5-3-4-12(8-13)10-21-18(23)11-25-19(24)17-9-15(22)14-6-1-2-7-16(14)26-17/h1-9H,10-11H2,(H,21,23). The summed E-state index contributed by atoms with van der Waals surface area (Å²) in [4.78, 5) is 35.8. The van der Waals surface area contributed by atoms with Crippen molar-refractivity contribution in [2.45, 2.75) is 6.54 Å². The largest absolute Gasteiger partial charge is 0.450 e. The quantitative estimate of drug-likeness (QED) is 0.697. The Morgan fingerprint density at radius 2 is 1.88 bits per heavy atom. The molecule has 0 bridgehead atoms. The number of amides is 1. The molecule has 3 aromatic rings. The maximum Gasteiger partial charge on any atom is 0.374 e. The van der Waals surface area contributed by atoms with Crippen LogP contribution in [0.3, 0.4) is 0 Å². The van der Waals surface area contributed by atoms with Crippen LogP contribution in [-0.4, -0.2) is 18.5 Å². The molecule has 26 heavy (non-hydrogen) atoms. The van der Waals surface area contributed by atoms with Crippen molar-refractivity contribution >= 4 is 34.4 Å². The highest BCUT2D eigenvalue weighted by Gasteiger charge is 2.15. The van der Waals surface area contributed by atoms with E-state index in [1.165, 1.54) is 0 Å². The number of hydrogen-bond donors (Lipinski definition) is 1. The smallest absolute Gasteiger partial charge is 0.374 e. The van der Waals surface area contributed by atoms with Gasteiger partial charge in [-0.05, 0) is 29.8 Å². The van der Waals surface area contributed by atoms with Crippen molar-refractivity contribution < 1.29 is 18.7 Å². The van der Waals surface area contributed by atoms with E-state index in [0.29, 0.717) is 10.4 Å². The minimum atomic E-state index is -0.884. The molecule has 0 spiro atoms. The lowest BCUT2D eigenvalue weighted by Gasteiger charge is -2.07. The monoisotopic (exact) mass is 371 g/mol. The van der Waals surface area contributed by atoms with Gasteiger partial charge < -0.3 is 14.5 Å². The summed E-state index contributed by atoms with van der Waals surface area (Å²) >= 11 is 5.87. The molecule has 0 unspecified atom stereocenters. The maximum atomic E-state index is 12.0. The first-order valence-corrected chi connectivity index (χ1v) is 8.12. The molecule has 0 aliphatic heterocycles. The SMILES string of the molecule is O=C(COC(=O)c1cc(=O)c2ccccc2o1)NCc1cccc(Cl)c1. The minimum absolute atomic E-state index is 0.252. The predicted octanol–water partition coefficient (Wildman–Crippen LogP) is 2.92. The Kier molecular flexibility index (Phi) is 5.34. The van der Waals surface area contributed by atoms with Crippen LogP contribution in [0.5, 0.6) is 0 Å². The number of para-hydroxylation sites is 1. The molecule has 3 rings (SSSR count). The number of carbonyl (C=O) groups excluding carboxylic acids is 2. The van der Waals surface area contributed by atoms with Crippen LogP contribution in [0.1, 0.15) is 16.1 Å². The molecule has 7 heteroatoms. The molecule has 0 atom stereocenters. The van der Waals surface area contributed by atoms with Crippen LogP contribution < -0.4 is 10.7 Å². The van der Waals surface area contributed by atoms with Gasteiger partial charge in [0.2, 0.25) is 5.76 Å². The van der Waals surface area contributed by atoms with Crippen molar-refractivity contribution in [3.8, 4) is 0 Å². The summed E-state index contributed by atoms with van der Waals surface area (Å²) in [6, 6.07) is 14.6. The molecule has 0 aliphatic rings. The van der Waals surface area contributed by atoms with Crippen molar-refractivity contribution in [1.82, 2.24) is 5.32 Å². The molecule has 132 valence electrons. The molecule has 1 amide bonds. The Bertz CT molecular complexity index is 1030. The molecular weight excluding hydrogens is 358 g/mol. The number of nitrogens with one attached hydrogen (secondary N) is 1. The van der Waals surface area contributed by atoms with Crippen LogP contribution in [0.4, 0.5) is 0 Å². The fourth-order valence-corrected chi connectivity index (χ4v) is 2.52. The van der Waals surface area contributed by atoms with Gasteiger partial charge in [-0.3, -0.25) is 9.59 Å². The summed E-state index contributed by atoms with van der Waals surface area (Å²) in [5.41, 5.74) is 0.735. The van der Waals surface area contributed by atoms with Crippen LogP contribution in [0.2, 0.25) is 5.02 Å². The third-order valence-electron chi connectivity index (χ3n) is 3.55. The molecule has 1 heterocycles. The highest BCUT2D eigenvalue weighted by atomic mass is 35.5. The molecule has 1 N–H and O–H groups in total. The first-order valence-electron chi connectivity index (χ1n) is 7.74. The van der Waals surface area contributed by atoms with Gasteiger partial charge in [-0.2, -0.15) is 0 Å². The fraction of sp³-hybridized carbons (Fsp3) is 0.105. The zero-order valence-electron chi connectivity index (χ0n) is 13.5. The van der Waals surface area contributed by atoms with Crippen molar-refractivity contribution in [1.29, 1.82) is 0 Å². The number of carbonyl (C=O) groups is 2. The van der Waals surface area contributed by atoms with Gasteiger partial charge in [0.05, 0.1) is 5.39 Å². The lowest BCUT2D eigenvalue weighted by Crippen LogP contribution is -2.28. The second kappa shape index (κ2) is 7.84. The topological polar surface area (TPSA) is 85.6 Å². The van der Waals surface area contributed by atoms with Crippen molar-refractivity contribution in [3.63, 3.8) is 0 Å². The van der Waals surface area contributed by atoms with Gasteiger partial charge in [0.1, 0.15) is 5.58 Å². The highest BCUT2D eigenvalue weighted by molar-refractivity contribution is 6.30. The average molecular weight is 372 g/mol. The first kappa shape index (κ1) is 17.7. The van der Waals surface area contributed by atoms with E-state index in [4.69, 9.17) is 20.8 Å². The van der Waals surface area contributed by atoms with E-state index < -0.39 is 18.5 Å². The number of esters is 1. The van der Waals surface area contributed by atoms with E-state index in [1.54, 1.807) is 42.5 Å². The van der Waals surface area contributed by atoms with Gasteiger partial charge in [0.15, 0.2) is 12.0 Å². The second-order valence-corrected chi connectivity index (χ2v) is 5.89. The van der Waals surface area contributed by atoms with Crippen LogP contribution >= 0.6 is 11.6 Å². The average Bonchev–Trinajstić information content (AvgIpc) is 2.64. The Morgan fingerprint density at radius 1 is 1.08 bits per heavy atom. The molecule has 2 aromatic carbocycles. The van der Waals surface area contributed by atoms with Gasteiger partial charge >= 0.3 is 5.97 Å². The number of benzene rings is 2. The Balaban J connectivity index is 1.58. The van der Waals surface area contributed by atoms with Crippen molar-refractivity contribution in [2.75, 3.05) is 6.61 Å². The van der Waals surface area contributed by atoms with E-state index in [9.17, 15) is 14.4 Å². The van der Waals surface area contributed by atoms with Crippen LogP contribution in [0.25, 0.3) is 11.0 Å². The molecule has 0 aliphatic carbocycles. The van der Waals surface area contributed by atoms with Gasteiger partial charge in [0.25, 0.3) is 5.91 Å². The Morgan fingerprint density at radius 3 is 2.69 bits per heavy atom. The molecule has 0 saturated heterocycles. The molecule has 6 nitrogen and oxygen atoms in total. The summed E-state index contributed by atoms with van der Waals surface area (Å²) in [6.07, 6.45) is 0. The lowest BCUT2D eigenvalue weighted by atomic mass is 10.2. The Labute approximate surface area is 153 Å². The number of rotatable bonds is 5. The summed E-state index contributed by atoms with van der Waals surface area (Å²) < 4.78 is 10.3. The van der Waals surface area contributed by atoms with Crippen LogP contribution in [0.15, 0.2) is 63.8 Å². The van der Waals surface area contributed by atoms with Gasteiger partial charge in [-0.25, -0.2) is 4.79 Å². The highest BCUT2D eigenvalue weighted by Crippen LogP contribution is 2.12. The third kappa shape index (κ3) is 4.29. The summed E-state index contributed by atoms with van der Waals surface area (Å²) in [5.74, 6) is -1.62. The van der Waals surface area contributed by atoms with E-state index >= 15 is 0 Å². The normalized spacial score (nSPS) is 10.5. The molecule has 0 fully saturated rings. The van der Waals surface area contributed by atoms with E-state index in [2.05, 4.69) is 5.32 Å². The number of hydrogen-bond acceptors (Lipinski definition) is 5. The van der Waals surface area contributed by atoms with Crippen molar-refractivity contribution in [2.24, 2.45) is 0 Å². The van der Waals surface area contributed by atoms with E-state index in [1.807, 2.05) is 6.07 Å². The summed E-state index contributed by atoms with van der Waals surface area (Å²) in [6.45, 7) is -0.238. The lowest BCUT2D eigenvalue weighted by molar-refractivity contribution is -0.124. The van der Waals surface area contributed by atoms with Gasteiger partial charge in [-0.15, -0.1) is 0 Å². The Hall–Kier alpha value is -3.12. The van der Waals surface area contributed by atoms with Crippen molar-refractivity contribution in [3.05, 3.63) is 81.2 Å². The van der Waals surface area contributed by atoms with Crippen LogP contribution in [-0.2, 0) is 16.1 Å². The molecule has 0 radical (unpaired) electrons. The predicted molar refractivity (Wildman–Crippen MR) is 96.1 cm³/mol. The molecule has 0 saturated carbocycles. The summed E-state index contributed by atoms with van der Waals surface area (Å²) in [5, 5.41) is 3.54. The number of ether oxygens (including phenoxy) is 1. The first-order chi connectivity index (χ1) is 12.5. The number of halogens is 1.